The number of carboxylic acid groups (broad SMARTS) is 2. The molecule has 0 spiro atoms. The van der Waals surface area contributed by atoms with Crippen molar-refractivity contribution in [2.24, 2.45) is 0 Å². The van der Waals surface area contributed by atoms with Gasteiger partial charge in [-0.3, -0.25) is 9.59 Å². The van der Waals surface area contributed by atoms with Crippen LogP contribution in [0.3, 0.4) is 0 Å². The van der Waals surface area contributed by atoms with Crippen molar-refractivity contribution in [3.63, 3.8) is 0 Å². The van der Waals surface area contributed by atoms with E-state index in [1.165, 1.54) is 0 Å². The summed E-state index contributed by atoms with van der Waals surface area (Å²) in [4.78, 5) is 20.4. The molecule has 0 atom stereocenters. The molecule has 0 bridgehead atoms. The molecule has 0 aliphatic rings. The molecule has 0 aliphatic carbocycles. The first kappa shape index (κ1) is 24.5. The first-order valence-electron chi connectivity index (χ1n) is 8.37. The van der Waals surface area contributed by atoms with E-state index in [0.29, 0.717) is 25.7 Å². The maximum atomic E-state index is 10.2. The number of aryl methyl sites for hydroxylation is 2. The smallest absolute Gasteiger partial charge is 0.303 e. The normalized spacial score (nSPS) is 9.48. The van der Waals surface area contributed by atoms with Crippen LogP contribution in [0, 0.1) is 0 Å². The van der Waals surface area contributed by atoms with Crippen molar-refractivity contribution in [2.45, 2.75) is 38.5 Å². The molecule has 1 radical (unpaired) electrons. The summed E-state index contributed by atoms with van der Waals surface area (Å²) in [6.07, 6.45) is 2.64. The molecule has 0 aromatic heterocycles. The van der Waals surface area contributed by atoms with Gasteiger partial charge in [0.15, 0.2) is 0 Å². The first-order chi connectivity index (χ1) is 12.4. The summed E-state index contributed by atoms with van der Waals surface area (Å²) in [6, 6.07) is 14.0. The van der Waals surface area contributed by atoms with Crippen molar-refractivity contribution < 1.29 is 47.1 Å². The molecule has 2 aromatic rings. The van der Waals surface area contributed by atoms with Crippen LogP contribution in [0.1, 0.15) is 36.8 Å². The van der Waals surface area contributed by atoms with Gasteiger partial charge < -0.3 is 20.4 Å². The summed E-state index contributed by atoms with van der Waals surface area (Å²) in [5, 5.41) is 35.5. The monoisotopic (exact) mass is 423 g/mol. The molecule has 4 N–H and O–H groups in total. The number of carboxylic acids is 2. The van der Waals surface area contributed by atoms with Gasteiger partial charge >= 0.3 is 11.9 Å². The molecule has 2 aromatic carbocycles. The molecule has 0 fully saturated rings. The van der Waals surface area contributed by atoms with Crippen LogP contribution in [0.5, 0.6) is 11.5 Å². The molecule has 151 valence electrons. The molecule has 2 rings (SSSR count). The Morgan fingerprint density at radius 1 is 0.667 bits per heavy atom. The van der Waals surface area contributed by atoms with E-state index in [4.69, 9.17) is 10.2 Å². The Bertz CT molecular complexity index is 656. The van der Waals surface area contributed by atoms with Gasteiger partial charge in [0.2, 0.25) is 0 Å². The standard InChI is InChI=1S/2C10H12O3.Cu/c2*11-9-6-2-1-4-8(9)5-3-7-10(12)13;/h2*1-2,4,6,11H,3,5,7H2,(H,12,13);. The number of benzene rings is 2. The number of aliphatic carboxylic acids is 2. The van der Waals surface area contributed by atoms with Crippen LogP contribution in [0.2, 0.25) is 0 Å². The Morgan fingerprint density at radius 3 is 1.30 bits per heavy atom. The summed E-state index contributed by atoms with van der Waals surface area (Å²) in [7, 11) is 0. The molecule has 0 saturated carbocycles. The van der Waals surface area contributed by atoms with Crippen LogP contribution < -0.4 is 0 Å². The van der Waals surface area contributed by atoms with E-state index in [9.17, 15) is 19.8 Å². The van der Waals surface area contributed by atoms with Gasteiger partial charge in [-0.1, -0.05) is 36.4 Å². The quantitative estimate of drug-likeness (QED) is 0.482. The van der Waals surface area contributed by atoms with Crippen LogP contribution in [-0.4, -0.2) is 32.4 Å². The van der Waals surface area contributed by atoms with Crippen LogP contribution >= 0.6 is 0 Å². The van der Waals surface area contributed by atoms with Crippen molar-refractivity contribution in [2.75, 3.05) is 0 Å². The average Bonchev–Trinajstić information content (AvgIpc) is 2.58. The Balaban J connectivity index is 0.000000483. The molecular formula is C20H24CuO6. The van der Waals surface area contributed by atoms with E-state index in [2.05, 4.69) is 0 Å². The maximum absolute atomic E-state index is 10.2. The zero-order valence-electron chi connectivity index (χ0n) is 14.8. The SMILES string of the molecule is O=C(O)CCCc1ccccc1O.O=C(O)CCCc1ccccc1O.[Cu]. The van der Waals surface area contributed by atoms with E-state index >= 15 is 0 Å². The zero-order valence-corrected chi connectivity index (χ0v) is 15.7. The molecule has 27 heavy (non-hydrogen) atoms. The minimum absolute atomic E-state index is 0. The predicted molar refractivity (Wildman–Crippen MR) is 97.4 cm³/mol. The number of carbonyl (C=O) groups is 2. The molecule has 0 saturated heterocycles. The van der Waals surface area contributed by atoms with Gasteiger partial charge in [0.25, 0.3) is 0 Å². The van der Waals surface area contributed by atoms with E-state index < -0.39 is 11.9 Å². The number of hydrogen-bond donors (Lipinski definition) is 4. The van der Waals surface area contributed by atoms with Crippen LogP contribution in [-0.2, 0) is 39.5 Å². The van der Waals surface area contributed by atoms with E-state index in [-0.39, 0.29) is 41.4 Å². The molecule has 0 amide bonds. The largest absolute Gasteiger partial charge is 0.508 e. The van der Waals surface area contributed by atoms with Gasteiger partial charge in [-0.05, 0) is 48.9 Å². The second-order valence-corrected chi connectivity index (χ2v) is 5.75. The van der Waals surface area contributed by atoms with Gasteiger partial charge in [0.05, 0.1) is 0 Å². The third-order valence-corrected chi connectivity index (χ3v) is 3.66. The Kier molecular flexibility index (Phi) is 12.4. The number of hydrogen-bond acceptors (Lipinski definition) is 4. The summed E-state index contributed by atoms with van der Waals surface area (Å²) < 4.78 is 0. The van der Waals surface area contributed by atoms with Crippen molar-refractivity contribution in [1.82, 2.24) is 0 Å². The fourth-order valence-electron chi connectivity index (χ4n) is 2.30. The summed E-state index contributed by atoms with van der Waals surface area (Å²) >= 11 is 0. The van der Waals surface area contributed by atoms with Gasteiger partial charge in [0, 0.05) is 29.9 Å². The Hall–Kier alpha value is -2.50. The van der Waals surface area contributed by atoms with Gasteiger partial charge in [0.1, 0.15) is 11.5 Å². The van der Waals surface area contributed by atoms with Gasteiger partial charge in [-0.2, -0.15) is 0 Å². The second-order valence-electron chi connectivity index (χ2n) is 5.75. The molecule has 0 aliphatic heterocycles. The van der Waals surface area contributed by atoms with E-state index in [1.807, 2.05) is 12.1 Å². The van der Waals surface area contributed by atoms with Gasteiger partial charge in [-0.15, -0.1) is 0 Å². The van der Waals surface area contributed by atoms with Crippen molar-refractivity contribution in [3.8, 4) is 11.5 Å². The summed E-state index contributed by atoms with van der Waals surface area (Å²) in [6.45, 7) is 0. The van der Waals surface area contributed by atoms with E-state index in [0.717, 1.165) is 11.1 Å². The molecule has 6 nitrogen and oxygen atoms in total. The minimum atomic E-state index is -0.796. The molecule has 0 unspecified atom stereocenters. The molecule has 0 heterocycles. The average molecular weight is 424 g/mol. The number of aromatic hydroxyl groups is 2. The number of phenolic OH excluding ortho intramolecular Hbond substituents is 2. The molecular weight excluding hydrogens is 400 g/mol. The fraction of sp³-hybridized carbons (Fsp3) is 0.300. The third kappa shape index (κ3) is 10.9. The van der Waals surface area contributed by atoms with Crippen molar-refractivity contribution in [3.05, 3.63) is 59.7 Å². The minimum Gasteiger partial charge on any atom is -0.508 e. The number of para-hydroxylation sites is 2. The van der Waals surface area contributed by atoms with Crippen LogP contribution in [0.15, 0.2) is 48.5 Å². The Labute approximate surface area is 169 Å². The second kappa shape index (κ2) is 13.7. The number of phenols is 2. The van der Waals surface area contributed by atoms with Crippen LogP contribution in [0.4, 0.5) is 0 Å². The zero-order chi connectivity index (χ0) is 19.4. The van der Waals surface area contributed by atoms with Crippen molar-refractivity contribution in [1.29, 1.82) is 0 Å². The van der Waals surface area contributed by atoms with Gasteiger partial charge in [-0.25, -0.2) is 0 Å². The van der Waals surface area contributed by atoms with Crippen molar-refractivity contribution >= 4 is 11.9 Å². The number of rotatable bonds is 8. The predicted octanol–water partition coefficient (Wildman–Crippen LogP) is 3.60. The topological polar surface area (TPSA) is 115 Å². The van der Waals surface area contributed by atoms with E-state index in [1.54, 1.807) is 36.4 Å². The third-order valence-electron chi connectivity index (χ3n) is 3.66. The molecule has 7 heteroatoms. The summed E-state index contributed by atoms with van der Waals surface area (Å²) in [5.74, 6) is -1.10. The Morgan fingerprint density at radius 2 is 1.00 bits per heavy atom. The first-order valence-corrected chi connectivity index (χ1v) is 8.37. The summed E-state index contributed by atoms with van der Waals surface area (Å²) in [5.41, 5.74) is 1.62. The maximum Gasteiger partial charge on any atom is 0.303 e. The van der Waals surface area contributed by atoms with Crippen LogP contribution in [0.25, 0.3) is 0 Å². The fourth-order valence-corrected chi connectivity index (χ4v) is 2.30.